The summed E-state index contributed by atoms with van der Waals surface area (Å²) in [4.78, 5) is 4.52. The molecule has 0 saturated heterocycles. The first-order valence-corrected chi connectivity index (χ1v) is 8.78. The molecule has 1 aromatic heterocycles. The molecule has 1 atom stereocenters. The molecule has 0 saturated carbocycles. The Balaban J connectivity index is 1.95. The van der Waals surface area contributed by atoms with Crippen LogP contribution in [0.4, 0.5) is 5.82 Å². The number of phenols is 1. The van der Waals surface area contributed by atoms with Gasteiger partial charge in [-0.2, -0.15) is 0 Å². The van der Waals surface area contributed by atoms with E-state index in [2.05, 4.69) is 31.0 Å². The number of fused-ring (bicyclic) bond motifs is 2. The lowest BCUT2D eigenvalue weighted by molar-refractivity contribution is -0.691. The lowest BCUT2D eigenvalue weighted by Gasteiger charge is -2.27. The number of nitrogens with two attached hydrogens (primary N) is 1. The van der Waals surface area contributed by atoms with Gasteiger partial charge >= 0.3 is 5.88 Å². The molecule has 5 nitrogen and oxygen atoms in total. The number of rotatable bonds is 3. The van der Waals surface area contributed by atoms with Crippen LogP contribution in [0.1, 0.15) is 36.5 Å². The number of nitrogen functional groups attached to an aromatic ring is 1. The summed E-state index contributed by atoms with van der Waals surface area (Å²) in [6.45, 7) is 5.08. The molecule has 0 radical (unpaired) electrons. The molecule has 3 aromatic rings. The Morgan fingerprint density at radius 3 is 2.69 bits per heavy atom. The summed E-state index contributed by atoms with van der Waals surface area (Å²) in [7, 11) is 0. The fourth-order valence-electron chi connectivity index (χ4n) is 3.51. The normalized spacial score (nSPS) is 15.3. The van der Waals surface area contributed by atoms with Crippen molar-refractivity contribution in [2.45, 2.75) is 26.3 Å². The molecule has 2 heterocycles. The van der Waals surface area contributed by atoms with Gasteiger partial charge < -0.3 is 15.6 Å². The molecule has 26 heavy (non-hydrogen) atoms. The fraction of sp³-hybridized carbons (Fsp3) is 0.238. The van der Waals surface area contributed by atoms with Crippen LogP contribution in [0, 0.1) is 5.92 Å². The highest BCUT2D eigenvalue weighted by Crippen LogP contribution is 2.48. The van der Waals surface area contributed by atoms with E-state index in [1.807, 2.05) is 28.8 Å². The van der Waals surface area contributed by atoms with E-state index in [0.29, 0.717) is 23.4 Å². The molecule has 5 heteroatoms. The third-order valence-electron chi connectivity index (χ3n) is 4.63. The van der Waals surface area contributed by atoms with Crippen molar-refractivity contribution in [3.8, 4) is 17.4 Å². The van der Waals surface area contributed by atoms with E-state index in [1.165, 1.54) is 0 Å². The van der Waals surface area contributed by atoms with Crippen LogP contribution in [0.15, 0.2) is 54.9 Å². The highest BCUT2D eigenvalue weighted by Gasteiger charge is 2.36. The first kappa shape index (κ1) is 16.4. The Morgan fingerprint density at radius 1 is 1.19 bits per heavy atom. The van der Waals surface area contributed by atoms with E-state index >= 15 is 0 Å². The average Bonchev–Trinajstić information content (AvgIpc) is 2.62. The van der Waals surface area contributed by atoms with E-state index in [1.54, 1.807) is 18.5 Å². The number of nitrogens with zero attached hydrogens (tertiary/aromatic N) is 2. The molecule has 0 fully saturated rings. The summed E-state index contributed by atoms with van der Waals surface area (Å²) < 4.78 is 7.97. The van der Waals surface area contributed by atoms with Crippen molar-refractivity contribution in [3.63, 3.8) is 0 Å². The van der Waals surface area contributed by atoms with Crippen molar-refractivity contribution in [3.05, 3.63) is 71.5 Å². The van der Waals surface area contributed by atoms with E-state index in [0.717, 1.165) is 23.2 Å². The second-order valence-electron chi connectivity index (χ2n) is 7.06. The predicted octanol–water partition coefficient (Wildman–Crippen LogP) is 3.60. The lowest BCUT2D eigenvalue weighted by Crippen LogP contribution is -2.41. The maximum absolute atomic E-state index is 9.86. The molecule has 3 N–H and O–H groups in total. The quantitative estimate of drug-likeness (QED) is 0.555. The second-order valence-corrected chi connectivity index (χ2v) is 7.06. The Kier molecular flexibility index (Phi) is 3.99. The van der Waals surface area contributed by atoms with E-state index < -0.39 is 0 Å². The molecular weight excluding hydrogens is 326 g/mol. The Labute approximate surface area is 152 Å². The molecular formula is C21H22N3O2+. The number of anilines is 1. The number of hydrogen-bond acceptors (Lipinski definition) is 4. The Hall–Kier alpha value is -3.08. The molecule has 132 valence electrons. The standard InChI is InChI=1S/C21H21N3O2/c1-13(2)11-24-12-23-21-19(20(24)22)18(14-6-4-3-5-7-14)16-9-8-15(25)10-17(16)26-21/h3-10,12-13,18,22,25H,11H2,1-2H3/p+1/t18-/m0/s1. The van der Waals surface area contributed by atoms with Gasteiger partial charge in [0.05, 0.1) is 12.5 Å². The molecule has 0 unspecified atom stereocenters. The summed E-state index contributed by atoms with van der Waals surface area (Å²) >= 11 is 0. The van der Waals surface area contributed by atoms with Gasteiger partial charge in [0.25, 0.3) is 0 Å². The van der Waals surface area contributed by atoms with E-state index in [9.17, 15) is 5.11 Å². The highest BCUT2D eigenvalue weighted by molar-refractivity contribution is 5.62. The van der Waals surface area contributed by atoms with Crippen LogP contribution in [-0.2, 0) is 6.54 Å². The predicted molar refractivity (Wildman–Crippen MR) is 99.3 cm³/mol. The number of aromatic hydroxyl groups is 1. The SMILES string of the molecule is CC(C)C[n+]1cnc2c(c1N)[C@@H](c1ccccc1)c1ccc(O)cc1O2. The largest absolute Gasteiger partial charge is 0.508 e. The van der Waals surface area contributed by atoms with Crippen molar-refractivity contribution in [2.24, 2.45) is 5.92 Å². The minimum atomic E-state index is -0.0948. The van der Waals surface area contributed by atoms with Crippen molar-refractivity contribution in [1.29, 1.82) is 0 Å². The summed E-state index contributed by atoms with van der Waals surface area (Å²) in [5.74, 6) is 2.29. The van der Waals surface area contributed by atoms with Gasteiger partial charge in [-0.15, -0.1) is 0 Å². The van der Waals surface area contributed by atoms with Gasteiger partial charge in [0, 0.05) is 11.6 Å². The summed E-state index contributed by atoms with van der Waals surface area (Å²) in [6.07, 6.45) is 1.73. The second kappa shape index (κ2) is 6.33. The van der Waals surface area contributed by atoms with Crippen LogP contribution in [0.25, 0.3) is 0 Å². The highest BCUT2D eigenvalue weighted by atomic mass is 16.5. The number of aromatic nitrogens is 2. The molecule has 0 spiro atoms. The maximum Gasteiger partial charge on any atom is 0.306 e. The summed E-state index contributed by atoms with van der Waals surface area (Å²) in [5.41, 5.74) is 9.51. The third kappa shape index (κ3) is 2.75. The summed E-state index contributed by atoms with van der Waals surface area (Å²) in [5, 5.41) is 9.86. The van der Waals surface area contributed by atoms with E-state index in [4.69, 9.17) is 10.5 Å². The van der Waals surface area contributed by atoms with Crippen LogP contribution < -0.4 is 15.0 Å². The lowest BCUT2D eigenvalue weighted by atomic mass is 9.83. The molecule has 4 rings (SSSR count). The van der Waals surface area contributed by atoms with Gasteiger partial charge in [0.1, 0.15) is 17.1 Å². The number of ether oxygens (including phenoxy) is 1. The van der Waals surface area contributed by atoms with Crippen LogP contribution >= 0.6 is 0 Å². The van der Waals surface area contributed by atoms with Gasteiger partial charge in [-0.05, 0) is 17.5 Å². The fourth-order valence-corrected chi connectivity index (χ4v) is 3.51. The van der Waals surface area contributed by atoms with Gasteiger partial charge in [-0.25, -0.2) is 4.57 Å². The summed E-state index contributed by atoms with van der Waals surface area (Å²) in [6, 6.07) is 15.4. The number of hydrogen-bond donors (Lipinski definition) is 2. The zero-order chi connectivity index (χ0) is 18.3. The smallest absolute Gasteiger partial charge is 0.306 e. The zero-order valence-corrected chi connectivity index (χ0v) is 14.9. The molecule has 0 bridgehead atoms. The molecule has 1 aliphatic heterocycles. The molecule has 2 aromatic carbocycles. The van der Waals surface area contributed by atoms with Crippen LogP contribution in [0.3, 0.4) is 0 Å². The first-order valence-electron chi connectivity index (χ1n) is 8.78. The maximum atomic E-state index is 9.86. The van der Waals surface area contributed by atoms with Crippen molar-refractivity contribution < 1.29 is 14.4 Å². The topological polar surface area (TPSA) is 72.2 Å². The Morgan fingerprint density at radius 2 is 1.96 bits per heavy atom. The van der Waals surface area contributed by atoms with Crippen molar-refractivity contribution in [1.82, 2.24) is 4.98 Å². The molecule has 0 aliphatic carbocycles. The minimum Gasteiger partial charge on any atom is -0.508 e. The van der Waals surface area contributed by atoms with E-state index in [-0.39, 0.29) is 11.7 Å². The number of phenolic OH excluding ortho intramolecular Hbond substituents is 1. The van der Waals surface area contributed by atoms with Gasteiger partial charge in [0.15, 0.2) is 0 Å². The zero-order valence-electron chi connectivity index (χ0n) is 14.9. The average molecular weight is 348 g/mol. The van der Waals surface area contributed by atoms with Crippen LogP contribution in [-0.4, -0.2) is 10.1 Å². The van der Waals surface area contributed by atoms with Gasteiger partial charge in [-0.1, -0.05) is 55.2 Å². The first-order chi connectivity index (χ1) is 12.5. The van der Waals surface area contributed by atoms with Crippen molar-refractivity contribution >= 4 is 5.82 Å². The molecule has 1 aliphatic rings. The van der Waals surface area contributed by atoms with Crippen LogP contribution in [0.5, 0.6) is 17.4 Å². The minimum absolute atomic E-state index is 0.0948. The van der Waals surface area contributed by atoms with Crippen LogP contribution in [0.2, 0.25) is 0 Å². The monoisotopic (exact) mass is 348 g/mol. The Bertz CT molecular complexity index is 955. The molecule has 0 amide bonds. The van der Waals surface area contributed by atoms with Crippen molar-refractivity contribution in [2.75, 3.05) is 5.73 Å². The third-order valence-corrected chi connectivity index (χ3v) is 4.63. The van der Waals surface area contributed by atoms with Gasteiger partial charge in [-0.3, -0.25) is 0 Å². The number of benzene rings is 2. The van der Waals surface area contributed by atoms with Gasteiger partial charge in [0.2, 0.25) is 12.1 Å².